The van der Waals surface area contributed by atoms with Gasteiger partial charge in [0.1, 0.15) is 5.82 Å². The van der Waals surface area contributed by atoms with E-state index in [0.29, 0.717) is 11.8 Å². The molecule has 38 heavy (non-hydrogen) atoms. The molecule has 0 radical (unpaired) electrons. The van der Waals surface area contributed by atoms with Gasteiger partial charge in [-0.15, -0.1) is 0 Å². The lowest BCUT2D eigenvalue weighted by molar-refractivity contribution is 0.828. The van der Waals surface area contributed by atoms with Crippen molar-refractivity contribution in [2.45, 2.75) is 39.5 Å². The largest absolute Gasteiger partial charge is 0.327 e. The summed E-state index contributed by atoms with van der Waals surface area (Å²) in [5.41, 5.74) is 6.30. The Morgan fingerprint density at radius 2 is 1.11 bits per heavy atom. The van der Waals surface area contributed by atoms with Gasteiger partial charge in [-0.3, -0.25) is 0 Å². The molecule has 0 atom stereocenters. The van der Waals surface area contributed by atoms with Crippen molar-refractivity contribution in [2.24, 2.45) is 7.05 Å². The van der Waals surface area contributed by atoms with Crippen molar-refractivity contribution in [3.63, 3.8) is 0 Å². The molecule has 0 spiro atoms. The number of nitrogens with zero attached hydrogens (tertiary/aromatic N) is 2. The zero-order chi connectivity index (χ0) is 26.1. The van der Waals surface area contributed by atoms with Gasteiger partial charge in [0.15, 0.2) is 0 Å². The lowest BCUT2D eigenvalue weighted by Gasteiger charge is -2.19. The molecule has 0 aliphatic heterocycles. The normalized spacial score (nSPS) is 12.3. The topological polar surface area (TPSA) is 17.8 Å². The Labute approximate surface area is 223 Å². The van der Waals surface area contributed by atoms with Gasteiger partial charge >= 0.3 is 0 Å². The summed E-state index contributed by atoms with van der Waals surface area (Å²) in [4.78, 5) is 5.44. The van der Waals surface area contributed by atoms with E-state index < -0.39 is 0 Å². The molecule has 2 heteroatoms. The summed E-state index contributed by atoms with van der Waals surface area (Å²) < 4.78 is 2.35. The second-order valence-electron chi connectivity index (χ2n) is 11.3. The zero-order valence-electron chi connectivity index (χ0n) is 22.7. The molecule has 2 nitrogen and oxygen atoms in total. The lowest BCUT2D eigenvalue weighted by atomic mass is 9.88. The highest BCUT2D eigenvalue weighted by atomic mass is 15.1. The number of hydrogen-bond acceptors (Lipinski definition) is 1. The molecule has 6 aromatic carbocycles. The van der Waals surface area contributed by atoms with Crippen molar-refractivity contribution in [3.8, 4) is 11.4 Å². The molecular weight excluding hydrogens is 460 g/mol. The minimum Gasteiger partial charge on any atom is -0.327 e. The third-order valence-corrected chi connectivity index (χ3v) is 8.26. The van der Waals surface area contributed by atoms with E-state index in [2.05, 4.69) is 130 Å². The summed E-state index contributed by atoms with van der Waals surface area (Å²) in [6, 6.07) is 33.6. The summed E-state index contributed by atoms with van der Waals surface area (Å²) >= 11 is 0. The second-order valence-corrected chi connectivity index (χ2v) is 11.3. The van der Waals surface area contributed by atoms with E-state index in [9.17, 15) is 0 Å². The number of aromatic nitrogens is 2. The highest BCUT2D eigenvalue weighted by molar-refractivity contribution is 6.26. The van der Waals surface area contributed by atoms with Crippen molar-refractivity contribution < 1.29 is 0 Å². The Bertz CT molecular complexity index is 2010. The maximum absolute atomic E-state index is 5.44. The molecule has 186 valence electrons. The monoisotopic (exact) mass is 492 g/mol. The highest BCUT2D eigenvalue weighted by Gasteiger charge is 2.23. The predicted molar refractivity (Wildman–Crippen MR) is 164 cm³/mol. The van der Waals surface area contributed by atoms with E-state index in [1.807, 2.05) is 0 Å². The number of benzene rings is 6. The van der Waals surface area contributed by atoms with Crippen LogP contribution in [0, 0.1) is 0 Å². The van der Waals surface area contributed by atoms with Crippen LogP contribution in [0.1, 0.15) is 50.7 Å². The van der Waals surface area contributed by atoms with Crippen LogP contribution in [0.4, 0.5) is 0 Å². The van der Waals surface area contributed by atoms with E-state index >= 15 is 0 Å². The molecule has 0 bridgehead atoms. The summed E-state index contributed by atoms with van der Waals surface area (Å²) in [6.45, 7) is 9.14. The Morgan fingerprint density at radius 3 is 1.71 bits per heavy atom. The highest BCUT2D eigenvalue weighted by Crippen LogP contribution is 2.42. The Kier molecular flexibility index (Phi) is 5.10. The van der Waals surface area contributed by atoms with Crippen LogP contribution in [0.3, 0.4) is 0 Å². The van der Waals surface area contributed by atoms with Crippen LogP contribution in [0.2, 0.25) is 0 Å². The minimum atomic E-state index is 0.411. The Hall–Kier alpha value is -4.17. The van der Waals surface area contributed by atoms with E-state index in [-0.39, 0.29) is 0 Å². The van der Waals surface area contributed by atoms with Gasteiger partial charge in [-0.1, -0.05) is 94.4 Å². The number of fused-ring (bicyclic) bond motifs is 8. The molecule has 0 fully saturated rings. The first kappa shape index (κ1) is 23.0. The van der Waals surface area contributed by atoms with Gasteiger partial charge in [-0.2, -0.15) is 0 Å². The Balaban J connectivity index is 1.66. The van der Waals surface area contributed by atoms with Gasteiger partial charge in [-0.25, -0.2) is 4.98 Å². The van der Waals surface area contributed by atoms with Crippen LogP contribution < -0.4 is 0 Å². The fourth-order valence-electron chi connectivity index (χ4n) is 6.36. The van der Waals surface area contributed by atoms with Gasteiger partial charge in [-0.05, 0) is 79.5 Å². The summed E-state index contributed by atoms with van der Waals surface area (Å²) in [5, 5.41) is 10.1. The van der Waals surface area contributed by atoms with Crippen molar-refractivity contribution in [3.05, 3.63) is 102 Å². The van der Waals surface area contributed by atoms with Gasteiger partial charge in [0, 0.05) is 23.4 Å². The molecular formula is C36H32N2. The molecule has 0 amide bonds. The van der Waals surface area contributed by atoms with Gasteiger partial charge in [0.25, 0.3) is 0 Å². The zero-order valence-corrected chi connectivity index (χ0v) is 22.7. The van der Waals surface area contributed by atoms with E-state index in [1.54, 1.807) is 0 Å². The average molecular weight is 493 g/mol. The van der Waals surface area contributed by atoms with Gasteiger partial charge < -0.3 is 4.57 Å². The molecule has 0 aliphatic carbocycles. The van der Waals surface area contributed by atoms with E-state index in [1.165, 1.54) is 65.3 Å². The van der Waals surface area contributed by atoms with Crippen LogP contribution in [-0.2, 0) is 7.05 Å². The standard InChI is InChI=1S/C36H32N2/c1-21(2)27-15-10-16-28(22(3)4)33(27)36-37-34-30-14-9-8-13-29(30)31-19-25-17-23-11-6-7-12-24(23)18-26(25)20-32(31)35(34)38(36)5/h6-22H,1-5H3. The lowest BCUT2D eigenvalue weighted by Crippen LogP contribution is -2.04. The first-order valence-corrected chi connectivity index (χ1v) is 13.7. The number of imidazole rings is 1. The minimum absolute atomic E-state index is 0.411. The molecule has 7 rings (SSSR count). The SMILES string of the molecule is CC(C)c1cccc(C(C)C)c1-c1nc2c3ccccc3c3cc4cc5ccccc5cc4cc3c2n1C. The van der Waals surface area contributed by atoms with Crippen molar-refractivity contribution >= 4 is 54.1 Å². The molecule has 0 saturated heterocycles. The average Bonchev–Trinajstić information content (AvgIpc) is 3.27. The van der Waals surface area contributed by atoms with Crippen LogP contribution in [0.5, 0.6) is 0 Å². The van der Waals surface area contributed by atoms with Crippen molar-refractivity contribution in [1.29, 1.82) is 0 Å². The van der Waals surface area contributed by atoms with Crippen molar-refractivity contribution in [1.82, 2.24) is 9.55 Å². The molecule has 0 saturated carbocycles. The number of aryl methyl sites for hydroxylation is 1. The Morgan fingerprint density at radius 1 is 0.553 bits per heavy atom. The number of hydrogen-bond donors (Lipinski definition) is 0. The van der Waals surface area contributed by atoms with E-state index in [0.717, 1.165) is 11.3 Å². The summed E-state index contributed by atoms with van der Waals surface area (Å²) in [6.07, 6.45) is 0. The molecule has 0 aliphatic rings. The van der Waals surface area contributed by atoms with Crippen LogP contribution in [0.25, 0.3) is 65.5 Å². The fraction of sp³-hybridized carbons (Fsp3) is 0.194. The maximum Gasteiger partial charge on any atom is 0.141 e. The van der Waals surface area contributed by atoms with Crippen LogP contribution in [0.15, 0.2) is 91.0 Å². The number of rotatable bonds is 3. The first-order chi connectivity index (χ1) is 18.4. The third-order valence-electron chi connectivity index (χ3n) is 8.26. The van der Waals surface area contributed by atoms with Crippen molar-refractivity contribution in [2.75, 3.05) is 0 Å². The van der Waals surface area contributed by atoms with Gasteiger partial charge in [0.2, 0.25) is 0 Å². The predicted octanol–water partition coefficient (Wildman–Crippen LogP) is 10.1. The molecule has 1 heterocycles. The molecule has 7 aromatic rings. The van der Waals surface area contributed by atoms with Gasteiger partial charge in [0.05, 0.1) is 11.0 Å². The smallest absolute Gasteiger partial charge is 0.141 e. The van der Waals surface area contributed by atoms with E-state index in [4.69, 9.17) is 4.98 Å². The third kappa shape index (κ3) is 3.29. The second kappa shape index (κ2) is 8.43. The summed E-state index contributed by atoms with van der Waals surface area (Å²) in [7, 11) is 2.20. The maximum atomic E-state index is 5.44. The molecule has 0 N–H and O–H groups in total. The van der Waals surface area contributed by atoms with Crippen LogP contribution >= 0.6 is 0 Å². The molecule has 1 aromatic heterocycles. The first-order valence-electron chi connectivity index (χ1n) is 13.7. The quantitative estimate of drug-likeness (QED) is 0.177. The fourth-order valence-corrected chi connectivity index (χ4v) is 6.36. The van der Waals surface area contributed by atoms with Crippen LogP contribution in [-0.4, -0.2) is 9.55 Å². The molecule has 0 unspecified atom stereocenters. The summed E-state index contributed by atoms with van der Waals surface area (Å²) in [5.74, 6) is 1.88.